The maximum absolute atomic E-state index is 6.50. The lowest BCUT2D eigenvalue weighted by Crippen LogP contribution is -2.29. The predicted molar refractivity (Wildman–Crippen MR) is 103 cm³/mol. The Balaban J connectivity index is 1.77. The SMILES string of the molecule is CC(C)c1ccc(C2Nc3c(Cl)ccc(Cl)c3C3C=CCC32)cc1. The van der Waals surface area contributed by atoms with Crippen molar-refractivity contribution in [2.45, 2.75) is 38.1 Å². The van der Waals surface area contributed by atoms with E-state index in [0.717, 1.165) is 27.7 Å². The maximum Gasteiger partial charge on any atom is 0.0641 e. The van der Waals surface area contributed by atoms with Crippen LogP contribution in [0.4, 0.5) is 5.69 Å². The van der Waals surface area contributed by atoms with Gasteiger partial charge >= 0.3 is 0 Å². The highest BCUT2D eigenvalue weighted by atomic mass is 35.5. The molecule has 124 valence electrons. The van der Waals surface area contributed by atoms with Crippen molar-refractivity contribution in [1.29, 1.82) is 0 Å². The summed E-state index contributed by atoms with van der Waals surface area (Å²) in [6, 6.07) is 13.0. The zero-order chi connectivity index (χ0) is 16.8. The molecule has 0 amide bonds. The molecule has 0 fully saturated rings. The Labute approximate surface area is 153 Å². The molecule has 1 N–H and O–H groups in total. The number of nitrogens with one attached hydrogen (secondary N) is 1. The molecule has 0 saturated heterocycles. The fraction of sp³-hybridized carbons (Fsp3) is 0.333. The summed E-state index contributed by atoms with van der Waals surface area (Å²) in [6.07, 6.45) is 5.64. The molecule has 2 aromatic rings. The van der Waals surface area contributed by atoms with E-state index in [-0.39, 0.29) is 6.04 Å². The van der Waals surface area contributed by atoms with E-state index < -0.39 is 0 Å². The first kappa shape index (κ1) is 16.1. The molecule has 1 aliphatic heterocycles. The zero-order valence-corrected chi connectivity index (χ0v) is 15.4. The molecule has 2 aromatic carbocycles. The maximum atomic E-state index is 6.50. The molecule has 0 spiro atoms. The molecule has 0 aromatic heterocycles. The number of hydrogen-bond acceptors (Lipinski definition) is 1. The topological polar surface area (TPSA) is 12.0 Å². The van der Waals surface area contributed by atoms with E-state index in [2.05, 4.69) is 55.6 Å². The second-order valence-electron chi connectivity index (χ2n) is 7.11. The third-order valence-corrected chi connectivity index (χ3v) is 6.02. The summed E-state index contributed by atoms with van der Waals surface area (Å²) in [7, 11) is 0. The molecule has 0 bridgehead atoms. The predicted octanol–water partition coefficient (Wildman–Crippen LogP) is 6.94. The summed E-state index contributed by atoms with van der Waals surface area (Å²) in [5.41, 5.74) is 4.84. The van der Waals surface area contributed by atoms with Crippen molar-refractivity contribution >= 4 is 28.9 Å². The van der Waals surface area contributed by atoms with E-state index in [1.165, 1.54) is 11.1 Å². The third-order valence-electron chi connectivity index (χ3n) is 5.38. The van der Waals surface area contributed by atoms with Gasteiger partial charge < -0.3 is 5.32 Å². The molecule has 1 heterocycles. The van der Waals surface area contributed by atoms with Gasteiger partial charge in [0, 0.05) is 16.5 Å². The number of allylic oxidation sites excluding steroid dienone is 2. The van der Waals surface area contributed by atoms with Crippen molar-refractivity contribution in [3.63, 3.8) is 0 Å². The summed E-state index contributed by atoms with van der Waals surface area (Å²) in [5.74, 6) is 1.37. The molecule has 3 unspecified atom stereocenters. The number of benzene rings is 2. The first-order valence-corrected chi connectivity index (χ1v) is 9.33. The van der Waals surface area contributed by atoms with Crippen LogP contribution in [0.25, 0.3) is 0 Å². The lowest BCUT2D eigenvalue weighted by molar-refractivity contribution is 0.425. The molecule has 1 nitrogen and oxygen atoms in total. The zero-order valence-electron chi connectivity index (χ0n) is 13.9. The standard InChI is InChI=1S/C21H21Cl2N/c1-12(2)13-6-8-14(9-7-13)20-16-5-3-4-15(16)19-17(22)10-11-18(23)21(19)24-20/h3-4,6-12,15-16,20,24H,5H2,1-2H3. The Kier molecular flexibility index (Phi) is 4.10. The number of fused-ring (bicyclic) bond motifs is 3. The second-order valence-corrected chi connectivity index (χ2v) is 7.93. The highest BCUT2D eigenvalue weighted by Crippen LogP contribution is 2.53. The lowest BCUT2D eigenvalue weighted by atomic mass is 9.77. The van der Waals surface area contributed by atoms with Crippen LogP contribution in [0.3, 0.4) is 0 Å². The fourth-order valence-corrected chi connectivity index (χ4v) is 4.55. The van der Waals surface area contributed by atoms with Gasteiger partial charge in [-0.1, -0.05) is 73.5 Å². The number of hydrogen-bond donors (Lipinski definition) is 1. The summed E-state index contributed by atoms with van der Waals surface area (Å²) < 4.78 is 0. The van der Waals surface area contributed by atoms with Crippen molar-refractivity contribution in [1.82, 2.24) is 0 Å². The first-order valence-electron chi connectivity index (χ1n) is 8.57. The normalized spacial score (nSPS) is 24.6. The minimum atomic E-state index is 0.259. The van der Waals surface area contributed by atoms with E-state index in [4.69, 9.17) is 23.2 Å². The second kappa shape index (κ2) is 6.13. The van der Waals surface area contributed by atoms with Crippen molar-refractivity contribution in [3.05, 3.63) is 75.3 Å². The Hall–Kier alpha value is -1.44. The van der Waals surface area contributed by atoms with Crippen LogP contribution in [0.1, 0.15) is 54.8 Å². The van der Waals surface area contributed by atoms with E-state index in [9.17, 15) is 0 Å². The number of halogens is 2. The van der Waals surface area contributed by atoms with Gasteiger partial charge in [-0.15, -0.1) is 0 Å². The molecule has 0 radical (unpaired) electrons. The minimum absolute atomic E-state index is 0.259. The quantitative estimate of drug-likeness (QED) is 0.573. The average Bonchev–Trinajstić information content (AvgIpc) is 3.07. The molecule has 1 aliphatic carbocycles. The molecule has 3 heteroatoms. The van der Waals surface area contributed by atoms with Crippen molar-refractivity contribution < 1.29 is 0 Å². The summed E-state index contributed by atoms with van der Waals surface area (Å²) in [5, 5.41) is 5.24. The van der Waals surface area contributed by atoms with Gasteiger partial charge in [0.2, 0.25) is 0 Å². The largest absolute Gasteiger partial charge is 0.376 e. The van der Waals surface area contributed by atoms with Crippen LogP contribution in [-0.4, -0.2) is 0 Å². The van der Waals surface area contributed by atoms with Gasteiger partial charge in [-0.25, -0.2) is 0 Å². The van der Waals surface area contributed by atoms with Crippen LogP contribution in [0.5, 0.6) is 0 Å². The van der Waals surface area contributed by atoms with E-state index in [1.54, 1.807) is 0 Å². The molecule has 3 atom stereocenters. The van der Waals surface area contributed by atoms with Gasteiger partial charge in [0.15, 0.2) is 0 Å². The molecule has 0 saturated carbocycles. The van der Waals surface area contributed by atoms with Crippen LogP contribution in [0, 0.1) is 5.92 Å². The monoisotopic (exact) mass is 357 g/mol. The molecule has 2 aliphatic rings. The fourth-order valence-electron chi connectivity index (χ4n) is 4.05. The van der Waals surface area contributed by atoms with Crippen molar-refractivity contribution in [3.8, 4) is 0 Å². The van der Waals surface area contributed by atoms with E-state index in [1.807, 2.05) is 12.1 Å². The smallest absolute Gasteiger partial charge is 0.0641 e. The van der Waals surface area contributed by atoms with Crippen molar-refractivity contribution in [2.75, 3.05) is 5.32 Å². The average molecular weight is 358 g/mol. The van der Waals surface area contributed by atoms with Gasteiger partial charge in [0.1, 0.15) is 0 Å². The van der Waals surface area contributed by atoms with Gasteiger partial charge in [-0.3, -0.25) is 0 Å². The van der Waals surface area contributed by atoms with Crippen LogP contribution < -0.4 is 5.32 Å². The van der Waals surface area contributed by atoms with Gasteiger partial charge in [-0.05, 0) is 41.5 Å². The van der Waals surface area contributed by atoms with Crippen LogP contribution >= 0.6 is 23.2 Å². The number of anilines is 1. The van der Waals surface area contributed by atoms with Crippen molar-refractivity contribution in [2.24, 2.45) is 5.92 Å². The Bertz CT molecular complexity index is 792. The van der Waals surface area contributed by atoms with E-state index in [0.29, 0.717) is 17.8 Å². The van der Waals surface area contributed by atoms with Gasteiger partial charge in [-0.2, -0.15) is 0 Å². The van der Waals surface area contributed by atoms with Crippen LogP contribution in [-0.2, 0) is 0 Å². The summed E-state index contributed by atoms with van der Waals surface area (Å²) in [6.45, 7) is 4.45. The lowest BCUT2D eigenvalue weighted by Gasteiger charge is -2.38. The summed E-state index contributed by atoms with van der Waals surface area (Å²) in [4.78, 5) is 0. The molecule has 24 heavy (non-hydrogen) atoms. The Morgan fingerprint density at radius 1 is 1.00 bits per heavy atom. The molecular formula is C21H21Cl2N. The highest BCUT2D eigenvalue weighted by molar-refractivity contribution is 6.36. The minimum Gasteiger partial charge on any atom is -0.376 e. The van der Waals surface area contributed by atoms with E-state index >= 15 is 0 Å². The van der Waals surface area contributed by atoms with Gasteiger partial charge in [0.05, 0.1) is 16.8 Å². The van der Waals surface area contributed by atoms with Crippen LogP contribution in [0.2, 0.25) is 10.0 Å². The highest BCUT2D eigenvalue weighted by Gasteiger charge is 2.39. The Morgan fingerprint density at radius 2 is 1.71 bits per heavy atom. The van der Waals surface area contributed by atoms with Gasteiger partial charge in [0.25, 0.3) is 0 Å². The molecule has 4 rings (SSSR count). The first-order chi connectivity index (χ1) is 11.6. The van der Waals surface area contributed by atoms with Crippen LogP contribution in [0.15, 0.2) is 48.6 Å². The molecular weight excluding hydrogens is 337 g/mol. The third kappa shape index (κ3) is 2.55. The number of rotatable bonds is 2. The Morgan fingerprint density at radius 3 is 2.42 bits per heavy atom. The summed E-state index contributed by atoms with van der Waals surface area (Å²) >= 11 is 13.0.